The lowest BCUT2D eigenvalue weighted by Crippen LogP contribution is -2.37. The molecule has 5 heteroatoms. The van der Waals surface area contributed by atoms with Gasteiger partial charge in [0.05, 0.1) is 18.9 Å². The van der Waals surface area contributed by atoms with Crippen LogP contribution < -0.4 is 0 Å². The largest absolute Gasteiger partial charge is 0.481 e. The Balaban J connectivity index is 2.70. The van der Waals surface area contributed by atoms with E-state index in [4.69, 9.17) is 5.11 Å². The maximum Gasteiger partial charge on any atom is 0.310 e. The second-order valence-corrected chi connectivity index (χ2v) is 4.68. The summed E-state index contributed by atoms with van der Waals surface area (Å²) in [7, 11) is 1.29. The molecule has 1 heterocycles. The fourth-order valence-corrected chi connectivity index (χ4v) is 2.85. The molecule has 0 radical (unpaired) electrons. The molecule has 4 nitrogen and oxygen atoms in total. The predicted molar refractivity (Wildman–Crippen MR) is 53.3 cm³/mol. The molecule has 0 saturated carbocycles. The minimum atomic E-state index is -0.877. The quantitative estimate of drug-likeness (QED) is 0.720. The first-order valence-electron chi connectivity index (χ1n) is 4.49. The maximum absolute atomic E-state index is 11.1. The van der Waals surface area contributed by atoms with Crippen molar-refractivity contribution in [3.05, 3.63) is 0 Å². The van der Waals surface area contributed by atoms with Crippen LogP contribution in [0.15, 0.2) is 0 Å². The van der Waals surface area contributed by atoms with Crippen molar-refractivity contribution in [1.29, 1.82) is 0 Å². The second-order valence-electron chi connectivity index (χ2n) is 3.45. The summed E-state index contributed by atoms with van der Waals surface area (Å²) >= 11 is 1.73. The van der Waals surface area contributed by atoms with Crippen molar-refractivity contribution < 1.29 is 19.4 Å². The molecule has 1 rings (SSSR count). The van der Waals surface area contributed by atoms with Gasteiger partial charge in [-0.1, -0.05) is 0 Å². The zero-order valence-corrected chi connectivity index (χ0v) is 8.93. The van der Waals surface area contributed by atoms with Crippen LogP contribution in [0.3, 0.4) is 0 Å². The van der Waals surface area contributed by atoms with Gasteiger partial charge < -0.3 is 9.84 Å². The summed E-state index contributed by atoms with van der Waals surface area (Å²) in [6.07, 6.45) is 1.11. The van der Waals surface area contributed by atoms with E-state index in [9.17, 15) is 9.59 Å². The van der Waals surface area contributed by atoms with Crippen LogP contribution in [-0.4, -0.2) is 35.7 Å². The smallest absolute Gasteiger partial charge is 0.310 e. The van der Waals surface area contributed by atoms with E-state index < -0.39 is 17.4 Å². The van der Waals surface area contributed by atoms with Crippen LogP contribution in [0, 0.1) is 5.41 Å². The average molecular weight is 218 g/mol. The van der Waals surface area contributed by atoms with E-state index in [1.165, 1.54) is 7.11 Å². The van der Waals surface area contributed by atoms with Gasteiger partial charge in [0.15, 0.2) is 0 Å². The number of carbonyl (C=O) groups excluding carboxylic acids is 1. The molecule has 80 valence electrons. The molecular weight excluding hydrogens is 204 g/mol. The summed E-state index contributed by atoms with van der Waals surface area (Å²) in [6.45, 7) is 0. The van der Waals surface area contributed by atoms with Gasteiger partial charge in [0.1, 0.15) is 0 Å². The molecule has 14 heavy (non-hydrogen) atoms. The SMILES string of the molecule is COC(=O)CC1(C(=O)O)CCSCC1. The number of methoxy groups -OCH3 is 1. The van der Waals surface area contributed by atoms with Gasteiger partial charge in [0.2, 0.25) is 0 Å². The third-order valence-corrected chi connectivity index (χ3v) is 3.60. The Bertz CT molecular complexity index is 233. The molecule has 1 aliphatic heterocycles. The number of esters is 1. The zero-order chi connectivity index (χ0) is 10.6. The van der Waals surface area contributed by atoms with Gasteiger partial charge in [-0.3, -0.25) is 9.59 Å². The minimum Gasteiger partial charge on any atom is -0.481 e. The molecule has 0 aliphatic carbocycles. The maximum atomic E-state index is 11.1. The van der Waals surface area contributed by atoms with Crippen LogP contribution in [0.2, 0.25) is 0 Å². The van der Waals surface area contributed by atoms with E-state index in [1.54, 1.807) is 11.8 Å². The lowest BCUT2D eigenvalue weighted by Gasteiger charge is -2.31. The van der Waals surface area contributed by atoms with Crippen molar-refractivity contribution in [2.45, 2.75) is 19.3 Å². The highest BCUT2D eigenvalue weighted by Gasteiger charge is 2.42. The van der Waals surface area contributed by atoms with Gasteiger partial charge in [-0.15, -0.1) is 0 Å². The van der Waals surface area contributed by atoms with E-state index >= 15 is 0 Å². The Morgan fingerprint density at radius 3 is 2.43 bits per heavy atom. The van der Waals surface area contributed by atoms with Crippen molar-refractivity contribution in [3.63, 3.8) is 0 Å². The highest BCUT2D eigenvalue weighted by atomic mass is 32.2. The lowest BCUT2D eigenvalue weighted by atomic mass is 9.79. The number of aliphatic carboxylic acids is 1. The van der Waals surface area contributed by atoms with Crippen molar-refractivity contribution in [3.8, 4) is 0 Å². The van der Waals surface area contributed by atoms with Crippen LogP contribution >= 0.6 is 11.8 Å². The topological polar surface area (TPSA) is 63.6 Å². The van der Waals surface area contributed by atoms with E-state index in [-0.39, 0.29) is 6.42 Å². The Morgan fingerprint density at radius 2 is 2.00 bits per heavy atom. The molecule has 0 unspecified atom stereocenters. The molecule has 0 aromatic rings. The van der Waals surface area contributed by atoms with Crippen molar-refractivity contribution >= 4 is 23.7 Å². The normalized spacial score (nSPS) is 20.1. The monoisotopic (exact) mass is 218 g/mol. The number of hydrogen-bond acceptors (Lipinski definition) is 4. The summed E-state index contributed by atoms with van der Waals surface area (Å²) < 4.78 is 4.52. The number of carboxylic acid groups (broad SMARTS) is 1. The first-order chi connectivity index (χ1) is 6.60. The van der Waals surface area contributed by atoms with Gasteiger partial charge in [-0.2, -0.15) is 11.8 Å². The molecule has 0 spiro atoms. The highest BCUT2D eigenvalue weighted by molar-refractivity contribution is 7.99. The fourth-order valence-electron chi connectivity index (χ4n) is 1.58. The van der Waals surface area contributed by atoms with Crippen LogP contribution in [0.5, 0.6) is 0 Å². The molecule has 0 bridgehead atoms. The van der Waals surface area contributed by atoms with E-state index in [0.717, 1.165) is 11.5 Å². The predicted octanol–water partition coefficient (Wildman–Crippen LogP) is 1.15. The van der Waals surface area contributed by atoms with Crippen LogP contribution in [0.4, 0.5) is 0 Å². The van der Waals surface area contributed by atoms with Crippen molar-refractivity contribution in [1.82, 2.24) is 0 Å². The Morgan fingerprint density at radius 1 is 1.43 bits per heavy atom. The third-order valence-electron chi connectivity index (χ3n) is 2.61. The molecule has 1 aliphatic rings. The van der Waals surface area contributed by atoms with Crippen molar-refractivity contribution in [2.75, 3.05) is 18.6 Å². The van der Waals surface area contributed by atoms with Gasteiger partial charge in [0, 0.05) is 0 Å². The number of carboxylic acids is 1. The lowest BCUT2D eigenvalue weighted by molar-refractivity contribution is -0.157. The molecule has 0 amide bonds. The molecule has 0 atom stereocenters. The molecule has 0 aromatic carbocycles. The standard InChI is InChI=1S/C9H14O4S/c1-13-7(10)6-9(8(11)12)2-4-14-5-3-9/h2-6H2,1H3,(H,11,12). The molecule has 1 saturated heterocycles. The summed E-state index contributed by atoms with van der Waals surface area (Å²) in [5.74, 6) is 0.314. The first-order valence-corrected chi connectivity index (χ1v) is 5.64. The van der Waals surface area contributed by atoms with Gasteiger partial charge >= 0.3 is 11.9 Å². The molecular formula is C9H14O4S. The Kier molecular flexibility index (Phi) is 3.80. The van der Waals surface area contributed by atoms with Crippen LogP contribution in [-0.2, 0) is 14.3 Å². The fraction of sp³-hybridized carbons (Fsp3) is 0.778. The average Bonchev–Trinajstić information content (AvgIpc) is 2.19. The van der Waals surface area contributed by atoms with Gasteiger partial charge in [-0.25, -0.2) is 0 Å². The van der Waals surface area contributed by atoms with Crippen molar-refractivity contribution in [2.24, 2.45) is 5.41 Å². The third kappa shape index (κ3) is 2.41. The number of carbonyl (C=O) groups is 2. The second kappa shape index (κ2) is 4.68. The van der Waals surface area contributed by atoms with E-state index in [1.807, 2.05) is 0 Å². The summed E-state index contributed by atoms with van der Waals surface area (Å²) in [5.41, 5.74) is -0.877. The Labute approximate surface area is 87.0 Å². The number of hydrogen-bond donors (Lipinski definition) is 1. The number of rotatable bonds is 3. The Hall–Kier alpha value is -0.710. The minimum absolute atomic E-state index is 0.000602. The number of thioether (sulfide) groups is 1. The first kappa shape index (κ1) is 11.4. The molecule has 1 fully saturated rings. The molecule has 1 N–H and O–H groups in total. The van der Waals surface area contributed by atoms with Gasteiger partial charge in [0.25, 0.3) is 0 Å². The summed E-state index contributed by atoms with van der Waals surface area (Å²) in [4.78, 5) is 22.2. The van der Waals surface area contributed by atoms with Gasteiger partial charge in [-0.05, 0) is 24.3 Å². The number of ether oxygens (including phenoxy) is 1. The zero-order valence-electron chi connectivity index (χ0n) is 8.12. The van der Waals surface area contributed by atoms with E-state index in [2.05, 4.69) is 4.74 Å². The van der Waals surface area contributed by atoms with Crippen LogP contribution in [0.1, 0.15) is 19.3 Å². The molecule has 0 aromatic heterocycles. The van der Waals surface area contributed by atoms with E-state index in [0.29, 0.717) is 12.8 Å². The summed E-state index contributed by atoms with van der Waals surface area (Å²) in [5, 5.41) is 9.12. The highest BCUT2D eigenvalue weighted by Crippen LogP contribution is 2.38. The van der Waals surface area contributed by atoms with Crippen LogP contribution in [0.25, 0.3) is 0 Å². The summed E-state index contributed by atoms with van der Waals surface area (Å²) in [6, 6.07) is 0.